The van der Waals surface area contributed by atoms with Gasteiger partial charge in [-0.2, -0.15) is 0 Å². The second-order valence-electron chi connectivity index (χ2n) is 3.44. The maximum Gasteiger partial charge on any atom is 0.224 e. The van der Waals surface area contributed by atoms with Crippen LogP contribution >= 0.6 is 0 Å². The van der Waals surface area contributed by atoms with Crippen LogP contribution in [0.5, 0.6) is 0 Å². The SMILES string of the molecule is CCC(=O)Nc1ccc(C)c(C#CCN)c1. The molecule has 3 nitrogen and oxygen atoms in total. The monoisotopic (exact) mass is 216 g/mol. The summed E-state index contributed by atoms with van der Waals surface area (Å²) in [5.41, 5.74) is 8.08. The molecule has 0 aliphatic rings. The smallest absolute Gasteiger partial charge is 0.224 e. The predicted molar refractivity (Wildman–Crippen MR) is 66.0 cm³/mol. The zero-order chi connectivity index (χ0) is 12.0. The van der Waals surface area contributed by atoms with Crippen LogP contribution in [0.3, 0.4) is 0 Å². The molecule has 1 aromatic carbocycles. The Balaban J connectivity index is 2.93. The molecule has 0 aromatic heterocycles. The van der Waals surface area contributed by atoms with Crippen LogP contribution in [0.25, 0.3) is 0 Å². The quantitative estimate of drug-likeness (QED) is 0.739. The van der Waals surface area contributed by atoms with Crippen molar-refractivity contribution in [3.63, 3.8) is 0 Å². The number of carbonyl (C=O) groups is 1. The lowest BCUT2D eigenvalue weighted by Crippen LogP contribution is -2.09. The van der Waals surface area contributed by atoms with Gasteiger partial charge in [-0.3, -0.25) is 4.79 Å². The van der Waals surface area contributed by atoms with E-state index in [1.54, 1.807) is 0 Å². The normalized spacial score (nSPS) is 9.19. The van der Waals surface area contributed by atoms with E-state index in [1.165, 1.54) is 0 Å². The maximum absolute atomic E-state index is 11.2. The lowest BCUT2D eigenvalue weighted by Gasteiger charge is -2.05. The number of amides is 1. The molecular formula is C13H16N2O. The average Bonchev–Trinajstić information content (AvgIpc) is 2.29. The molecule has 0 saturated carbocycles. The number of carbonyl (C=O) groups excluding carboxylic acids is 1. The van der Waals surface area contributed by atoms with Crippen molar-refractivity contribution in [1.82, 2.24) is 0 Å². The Morgan fingerprint density at radius 2 is 2.25 bits per heavy atom. The highest BCUT2D eigenvalue weighted by Crippen LogP contribution is 2.14. The van der Waals surface area contributed by atoms with E-state index < -0.39 is 0 Å². The molecule has 16 heavy (non-hydrogen) atoms. The number of rotatable bonds is 2. The molecule has 1 amide bonds. The highest BCUT2D eigenvalue weighted by Gasteiger charge is 2.01. The van der Waals surface area contributed by atoms with Crippen molar-refractivity contribution in [1.29, 1.82) is 0 Å². The van der Waals surface area contributed by atoms with Crippen molar-refractivity contribution in [2.75, 3.05) is 11.9 Å². The molecule has 0 atom stereocenters. The van der Waals surface area contributed by atoms with Gasteiger partial charge in [-0.25, -0.2) is 0 Å². The molecule has 0 unspecified atom stereocenters. The summed E-state index contributed by atoms with van der Waals surface area (Å²) in [6, 6.07) is 5.67. The molecule has 0 heterocycles. The van der Waals surface area contributed by atoms with Gasteiger partial charge in [-0.15, -0.1) is 0 Å². The maximum atomic E-state index is 11.2. The highest BCUT2D eigenvalue weighted by atomic mass is 16.1. The summed E-state index contributed by atoms with van der Waals surface area (Å²) < 4.78 is 0. The highest BCUT2D eigenvalue weighted by molar-refractivity contribution is 5.90. The molecule has 1 aromatic rings. The first-order valence-electron chi connectivity index (χ1n) is 5.26. The zero-order valence-electron chi connectivity index (χ0n) is 9.63. The van der Waals surface area contributed by atoms with Crippen LogP contribution in [0.15, 0.2) is 18.2 Å². The fourth-order valence-electron chi connectivity index (χ4n) is 1.23. The minimum atomic E-state index is 0.00147. The molecule has 0 bridgehead atoms. The molecule has 0 saturated heterocycles. The van der Waals surface area contributed by atoms with Gasteiger partial charge in [0.2, 0.25) is 5.91 Å². The lowest BCUT2D eigenvalue weighted by molar-refractivity contribution is -0.115. The minimum absolute atomic E-state index is 0.00147. The Bertz CT molecular complexity index is 441. The van der Waals surface area contributed by atoms with E-state index in [2.05, 4.69) is 17.2 Å². The molecule has 84 valence electrons. The van der Waals surface area contributed by atoms with Gasteiger partial charge in [0.05, 0.1) is 6.54 Å². The summed E-state index contributed by atoms with van der Waals surface area (Å²) in [4.78, 5) is 11.2. The summed E-state index contributed by atoms with van der Waals surface area (Å²) in [5, 5.41) is 2.80. The summed E-state index contributed by atoms with van der Waals surface area (Å²) in [7, 11) is 0. The van der Waals surface area contributed by atoms with Crippen LogP contribution in [-0.2, 0) is 4.79 Å². The summed E-state index contributed by atoms with van der Waals surface area (Å²) >= 11 is 0. The molecule has 0 radical (unpaired) electrons. The van der Waals surface area contributed by atoms with Crippen molar-refractivity contribution in [2.45, 2.75) is 20.3 Å². The average molecular weight is 216 g/mol. The topological polar surface area (TPSA) is 55.1 Å². The first kappa shape index (κ1) is 12.3. The van der Waals surface area contributed by atoms with Gasteiger partial charge >= 0.3 is 0 Å². The molecule has 0 aliphatic carbocycles. The van der Waals surface area contributed by atoms with E-state index in [0.717, 1.165) is 16.8 Å². The fourth-order valence-corrected chi connectivity index (χ4v) is 1.23. The number of anilines is 1. The third-order valence-electron chi connectivity index (χ3n) is 2.17. The summed E-state index contributed by atoms with van der Waals surface area (Å²) in [6.07, 6.45) is 0.470. The zero-order valence-corrected chi connectivity index (χ0v) is 9.63. The third kappa shape index (κ3) is 3.41. The van der Waals surface area contributed by atoms with Crippen LogP contribution in [0.4, 0.5) is 5.69 Å². The summed E-state index contributed by atoms with van der Waals surface area (Å²) in [6.45, 7) is 4.13. The number of benzene rings is 1. The Morgan fingerprint density at radius 3 is 2.88 bits per heavy atom. The van der Waals surface area contributed by atoms with E-state index >= 15 is 0 Å². The largest absolute Gasteiger partial charge is 0.326 e. The van der Waals surface area contributed by atoms with Crippen LogP contribution in [0.1, 0.15) is 24.5 Å². The van der Waals surface area contributed by atoms with Gasteiger partial charge in [0, 0.05) is 17.7 Å². The Hall–Kier alpha value is -1.79. The van der Waals surface area contributed by atoms with Crippen molar-refractivity contribution < 1.29 is 4.79 Å². The van der Waals surface area contributed by atoms with Gasteiger partial charge < -0.3 is 11.1 Å². The first-order valence-corrected chi connectivity index (χ1v) is 5.26. The number of nitrogens with one attached hydrogen (secondary N) is 1. The molecule has 1 rings (SSSR count). The third-order valence-corrected chi connectivity index (χ3v) is 2.17. The molecule has 3 N–H and O–H groups in total. The predicted octanol–water partition coefficient (Wildman–Crippen LogP) is 1.65. The molecule has 0 fully saturated rings. The van der Waals surface area contributed by atoms with Crippen LogP contribution in [-0.4, -0.2) is 12.5 Å². The summed E-state index contributed by atoms with van der Waals surface area (Å²) in [5.74, 6) is 5.78. The number of nitrogens with two attached hydrogens (primary N) is 1. The van der Waals surface area contributed by atoms with E-state index in [0.29, 0.717) is 13.0 Å². The first-order chi connectivity index (χ1) is 7.67. The fraction of sp³-hybridized carbons (Fsp3) is 0.308. The Kier molecular flexibility index (Phi) is 4.56. The molecular weight excluding hydrogens is 200 g/mol. The van der Waals surface area contributed by atoms with E-state index in [-0.39, 0.29) is 5.91 Å². The van der Waals surface area contributed by atoms with Crippen molar-refractivity contribution in [3.05, 3.63) is 29.3 Å². The second-order valence-corrected chi connectivity index (χ2v) is 3.44. The number of hydrogen-bond donors (Lipinski definition) is 2. The number of hydrogen-bond acceptors (Lipinski definition) is 2. The van der Waals surface area contributed by atoms with Gasteiger partial charge in [0.1, 0.15) is 0 Å². The van der Waals surface area contributed by atoms with Crippen LogP contribution in [0.2, 0.25) is 0 Å². The van der Waals surface area contributed by atoms with Crippen molar-refractivity contribution >= 4 is 11.6 Å². The van der Waals surface area contributed by atoms with Crippen molar-refractivity contribution in [2.24, 2.45) is 5.73 Å². The molecule has 0 spiro atoms. The Morgan fingerprint density at radius 1 is 1.50 bits per heavy atom. The minimum Gasteiger partial charge on any atom is -0.326 e. The Labute approximate surface area is 96.0 Å². The standard InChI is InChI=1S/C13H16N2O/c1-3-13(16)15-12-7-6-10(2)11(9-12)5-4-8-14/h6-7,9H,3,8,14H2,1-2H3,(H,15,16). The second kappa shape index (κ2) is 5.94. The van der Waals surface area contributed by atoms with E-state index in [1.807, 2.05) is 32.0 Å². The van der Waals surface area contributed by atoms with E-state index in [9.17, 15) is 4.79 Å². The van der Waals surface area contributed by atoms with Gasteiger partial charge in [-0.05, 0) is 24.6 Å². The van der Waals surface area contributed by atoms with Crippen LogP contribution < -0.4 is 11.1 Å². The van der Waals surface area contributed by atoms with Crippen molar-refractivity contribution in [3.8, 4) is 11.8 Å². The van der Waals surface area contributed by atoms with E-state index in [4.69, 9.17) is 5.73 Å². The molecule has 0 aliphatic heterocycles. The van der Waals surface area contributed by atoms with Crippen LogP contribution in [0, 0.1) is 18.8 Å². The van der Waals surface area contributed by atoms with Gasteiger partial charge in [0.15, 0.2) is 0 Å². The lowest BCUT2D eigenvalue weighted by atomic mass is 10.1. The number of aryl methyl sites for hydroxylation is 1. The molecule has 3 heteroatoms. The van der Waals surface area contributed by atoms with Gasteiger partial charge in [0.25, 0.3) is 0 Å². The van der Waals surface area contributed by atoms with Gasteiger partial charge in [-0.1, -0.05) is 24.8 Å².